The van der Waals surface area contributed by atoms with Crippen molar-refractivity contribution in [2.75, 3.05) is 37.6 Å². The van der Waals surface area contributed by atoms with Crippen molar-refractivity contribution in [1.29, 1.82) is 0 Å². The first kappa shape index (κ1) is 19.7. The normalized spacial score (nSPS) is 16.2. The zero-order valence-electron chi connectivity index (χ0n) is 15.5. The van der Waals surface area contributed by atoms with Crippen molar-refractivity contribution in [2.45, 2.75) is 23.8 Å². The number of methoxy groups -OCH3 is 1. The maximum atomic E-state index is 13.3. The molecule has 0 saturated carbocycles. The molecule has 1 aliphatic rings. The highest BCUT2D eigenvalue weighted by atomic mass is 32.2. The van der Waals surface area contributed by atoms with Crippen LogP contribution >= 0.6 is 0 Å². The van der Waals surface area contributed by atoms with Crippen LogP contribution in [-0.4, -0.2) is 57.8 Å². The molecule has 0 amide bonds. The van der Waals surface area contributed by atoms with Crippen LogP contribution in [-0.2, 0) is 10.0 Å². The molecule has 0 aliphatic carbocycles. The van der Waals surface area contributed by atoms with Crippen molar-refractivity contribution in [3.63, 3.8) is 0 Å². The van der Waals surface area contributed by atoms with Crippen molar-refractivity contribution in [3.8, 4) is 5.75 Å². The number of nitrogens with zero attached hydrogens (tertiary/aromatic N) is 2. The lowest BCUT2D eigenvalue weighted by Gasteiger charge is -2.29. The summed E-state index contributed by atoms with van der Waals surface area (Å²) in [7, 11) is -2.33. The number of likely N-dealkylation sites (tertiary alicyclic amines) is 1. The molecule has 2 aromatic carbocycles. The van der Waals surface area contributed by atoms with Gasteiger partial charge in [-0.3, -0.25) is 4.31 Å². The minimum absolute atomic E-state index is 0.0336. The summed E-state index contributed by atoms with van der Waals surface area (Å²) >= 11 is 0. The predicted octanol–water partition coefficient (Wildman–Crippen LogP) is 2.35. The number of aliphatic hydroxyl groups excluding tert-OH is 1. The molecule has 0 spiro atoms. The van der Waals surface area contributed by atoms with E-state index in [0.29, 0.717) is 18.0 Å². The molecule has 146 valence electrons. The van der Waals surface area contributed by atoms with Gasteiger partial charge in [-0.1, -0.05) is 30.3 Å². The molecular weight excluding hydrogens is 364 g/mol. The van der Waals surface area contributed by atoms with Gasteiger partial charge in [0.15, 0.2) is 0 Å². The number of hydrogen-bond acceptors (Lipinski definition) is 5. The van der Waals surface area contributed by atoms with Crippen molar-refractivity contribution in [2.24, 2.45) is 0 Å². The minimum Gasteiger partial charge on any atom is -0.495 e. The van der Waals surface area contributed by atoms with Crippen LogP contribution in [0.3, 0.4) is 0 Å². The third-order valence-corrected chi connectivity index (χ3v) is 6.52. The van der Waals surface area contributed by atoms with Gasteiger partial charge in [0, 0.05) is 6.54 Å². The van der Waals surface area contributed by atoms with E-state index in [0.717, 1.165) is 25.9 Å². The molecule has 7 heteroatoms. The Hall–Kier alpha value is -2.09. The second-order valence-corrected chi connectivity index (χ2v) is 8.54. The standard InChI is InChI=1S/C20H26N2O4S/c1-26-20-12-6-5-11-19(20)22(16-17(23)15-21-13-7-8-14-21)27(24,25)18-9-3-2-4-10-18/h2-6,9-12,17,23H,7-8,13-16H2,1H3/t17-/m1/s1. The first-order valence-electron chi connectivity index (χ1n) is 9.13. The van der Waals surface area contributed by atoms with Crippen LogP contribution in [0.2, 0.25) is 0 Å². The number of rotatable bonds is 8. The summed E-state index contributed by atoms with van der Waals surface area (Å²) in [4.78, 5) is 2.35. The van der Waals surface area contributed by atoms with Gasteiger partial charge in [0.1, 0.15) is 5.75 Å². The van der Waals surface area contributed by atoms with Crippen LogP contribution in [0, 0.1) is 0 Å². The molecule has 1 heterocycles. The fourth-order valence-electron chi connectivity index (χ4n) is 3.39. The molecule has 1 N–H and O–H groups in total. The molecule has 0 radical (unpaired) electrons. The molecule has 0 bridgehead atoms. The number of ether oxygens (including phenoxy) is 1. The number of hydrogen-bond donors (Lipinski definition) is 1. The lowest BCUT2D eigenvalue weighted by Crippen LogP contribution is -2.42. The Kier molecular flexibility index (Phi) is 6.36. The predicted molar refractivity (Wildman–Crippen MR) is 106 cm³/mol. The van der Waals surface area contributed by atoms with Crippen LogP contribution in [0.5, 0.6) is 5.75 Å². The van der Waals surface area contributed by atoms with Crippen LogP contribution in [0.25, 0.3) is 0 Å². The topological polar surface area (TPSA) is 70.1 Å². The second kappa shape index (κ2) is 8.73. The molecule has 3 rings (SSSR count). The van der Waals surface area contributed by atoms with Crippen LogP contribution in [0.15, 0.2) is 59.5 Å². The molecule has 2 aromatic rings. The average Bonchev–Trinajstić information content (AvgIpc) is 3.19. The van der Waals surface area contributed by atoms with Gasteiger partial charge in [-0.25, -0.2) is 8.42 Å². The zero-order valence-corrected chi connectivity index (χ0v) is 16.3. The van der Waals surface area contributed by atoms with E-state index in [1.165, 1.54) is 11.4 Å². The molecule has 1 saturated heterocycles. The van der Waals surface area contributed by atoms with Crippen molar-refractivity contribution in [1.82, 2.24) is 4.90 Å². The Bertz CT molecular complexity index is 836. The lowest BCUT2D eigenvalue weighted by atomic mass is 10.2. The van der Waals surface area contributed by atoms with E-state index in [2.05, 4.69) is 4.90 Å². The van der Waals surface area contributed by atoms with E-state index in [1.54, 1.807) is 54.6 Å². The first-order chi connectivity index (χ1) is 13.0. The highest BCUT2D eigenvalue weighted by Gasteiger charge is 2.30. The molecule has 1 aliphatic heterocycles. The summed E-state index contributed by atoms with van der Waals surface area (Å²) in [6.45, 7) is 2.30. The Morgan fingerprint density at radius 2 is 1.70 bits per heavy atom. The maximum absolute atomic E-state index is 13.3. The molecule has 0 aromatic heterocycles. The van der Waals surface area contributed by atoms with Gasteiger partial charge in [0.05, 0.1) is 30.3 Å². The molecule has 27 heavy (non-hydrogen) atoms. The largest absolute Gasteiger partial charge is 0.495 e. The first-order valence-corrected chi connectivity index (χ1v) is 10.6. The summed E-state index contributed by atoms with van der Waals surface area (Å²) in [5, 5.41) is 10.6. The highest BCUT2D eigenvalue weighted by Crippen LogP contribution is 2.32. The Balaban J connectivity index is 1.93. The summed E-state index contributed by atoms with van der Waals surface area (Å²) < 4.78 is 33.3. The number of aliphatic hydroxyl groups is 1. The monoisotopic (exact) mass is 390 g/mol. The fraction of sp³-hybridized carbons (Fsp3) is 0.400. The van der Waals surface area contributed by atoms with Crippen molar-refractivity contribution < 1.29 is 18.3 Å². The number of anilines is 1. The van der Waals surface area contributed by atoms with E-state index < -0.39 is 16.1 Å². The van der Waals surface area contributed by atoms with Gasteiger partial charge in [0.2, 0.25) is 0 Å². The van der Waals surface area contributed by atoms with Crippen LogP contribution in [0.1, 0.15) is 12.8 Å². The van der Waals surface area contributed by atoms with Gasteiger partial charge in [-0.15, -0.1) is 0 Å². The van der Waals surface area contributed by atoms with E-state index in [-0.39, 0.29) is 11.4 Å². The average molecular weight is 391 g/mol. The van der Waals surface area contributed by atoms with Gasteiger partial charge in [0.25, 0.3) is 10.0 Å². The second-order valence-electron chi connectivity index (χ2n) is 6.68. The van der Waals surface area contributed by atoms with Crippen LogP contribution < -0.4 is 9.04 Å². The molecule has 1 atom stereocenters. The number of β-amino-alcohol motifs (C(OH)–C–C–N with tert-alkyl or cyclic N) is 1. The van der Waals surface area contributed by atoms with E-state index in [1.807, 2.05) is 0 Å². The Labute approximate surface area is 161 Å². The van der Waals surface area contributed by atoms with Crippen molar-refractivity contribution in [3.05, 3.63) is 54.6 Å². The molecule has 1 fully saturated rings. The van der Waals surface area contributed by atoms with E-state index in [9.17, 15) is 13.5 Å². The highest BCUT2D eigenvalue weighted by molar-refractivity contribution is 7.92. The quantitative estimate of drug-likeness (QED) is 0.749. The minimum atomic E-state index is -3.84. The smallest absolute Gasteiger partial charge is 0.264 e. The number of para-hydroxylation sites is 2. The third-order valence-electron chi connectivity index (χ3n) is 4.73. The third kappa shape index (κ3) is 4.61. The zero-order chi connectivity index (χ0) is 19.3. The Morgan fingerprint density at radius 1 is 1.07 bits per heavy atom. The van der Waals surface area contributed by atoms with E-state index in [4.69, 9.17) is 4.74 Å². The molecule has 0 unspecified atom stereocenters. The summed E-state index contributed by atoms with van der Waals surface area (Å²) in [5.74, 6) is 0.449. The lowest BCUT2D eigenvalue weighted by molar-refractivity contribution is 0.132. The van der Waals surface area contributed by atoms with Crippen molar-refractivity contribution >= 4 is 15.7 Å². The SMILES string of the molecule is COc1ccccc1N(C[C@H](O)CN1CCCC1)S(=O)(=O)c1ccccc1. The Morgan fingerprint density at radius 3 is 2.37 bits per heavy atom. The van der Waals surface area contributed by atoms with Gasteiger partial charge < -0.3 is 14.7 Å². The fourth-order valence-corrected chi connectivity index (χ4v) is 4.93. The summed E-state index contributed by atoms with van der Waals surface area (Å²) in [6.07, 6.45) is 1.43. The summed E-state index contributed by atoms with van der Waals surface area (Å²) in [5.41, 5.74) is 0.421. The van der Waals surface area contributed by atoms with Gasteiger partial charge in [-0.05, 0) is 50.2 Å². The number of benzene rings is 2. The van der Waals surface area contributed by atoms with Crippen LogP contribution in [0.4, 0.5) is 5.69 Å². The van der Waals surface area contributed by atoms with E-state index >= 15 is 0 Å². The molecule has 6 nitrogen and oxygen atoms in total. The number of sulfonamides is 1. The summed E-state index contributed by atoms with van der Waals surface area (Å²) in [6, 6.07) is 15.2. The maximum Gasteiger partial charge on any atom is 0.264 e. The van der Waals surface area contributed by atoms with Gasteiger partial charge in [-0.2, -0.15) is 0 Å². The molecular formula is C20H26N2O4S. The van der Waals surface area contributed by atoms with Gasteiger partial charge >= 0.3 is 0 Å².